The Labute approximate surface area is 133 Å². The number of sulfonamides is 1. The average Bonchev–Trinajstić information content (AvgIpc) is 3.32. The van der Waals surface area contributed by atoms with Crippen molar-refractivity contribution < 1.29 is 8.42 Å². The van der Waals surface area contributed by atoms with Crippen LogP contribution in [0.2, 0.25) is 0 Å². The van der Waals surface area contributed by atoms with Crippen LogP contribution in [0.3, 0.4) is 0 Å². The first kappa shape index (κ1) is 16.5. The largest absolute Gasteiger partial charge is 0.243 e. The molecule has 1 aromatic rings. The molecule has 0 spiro atoms. The summed E-state index contributed by atoms with van der Waals surface area (Å²) in [6.07, 6.45) is 3.81. The second-order valence-corrected chi connectivity index (χ2v) is 7.43. The van der Waals surface area contributed by atoms with Crippen molar-refractivity contribution in [3.63, 3.8) is 0 Å². The molecule has 0 aromatic heterocycles. The van der Waals surface area contributed by atoms with Gasteiger partial charge in [-0.15, -0.1) is 11.5 Å². The van der Waals surface area contributed by atoms with Gasteiger partial charge in [-0.2, -0.15) is 4.31 Å². The monoisotopic (exact) mass is 315 g/mol. The van der Waals surface area contributed by atoms with Crippen molar-refractivity contribution in [3.05, 3.63) is 66.1 Å². The number of rotatable bonds is 7. The van der Waals surface area contributed by atoms with Crippen LogP contribution in [-0.4, -0.2) is 25.8 Å². The van der Waals surface area contributed by atoms with E-state index in [0.29, 0.717) is 17.4 Å². The van der Waals surface area contributed by atoms with Gasteiger partial charge in [0.2, 0.25) is 10.0 Å². The molecule has 1 fully saturated rings. The van der Waals surface area contributed by atoms with E-state index in [9.17, 15) is 8.42 Å². The molecule has 1 aliphatic carbocycles. The lowest BCUT2D eigenvalue weighted by Crippen LogP contribution is -2.33. The molecular weight excluding hydrogens is 294 g/mol. The van der Waals surface area contributed by atoms with E-state index >= 15 is 0 Å². The Balaban J connectivity index is 2.32. The lowest BCUT2D eigenvalue weighted by molar-refractivity contribution is 0.461. The molecule has 3 nitrogen and oxygen atoms in total. The number of benzene rings is 1. The molecule has 1 aliphatic rings. The highest BCUT2D eigenvalue weighted by Gasteiger charge is 2.31. The first-order chi connectivity index (χ1) is 10.5. The van der Waals surface area contributed by atoms with Crippen molar-refractivity contribution in [1.29, 1.82) is 0 Å². The number of nitrogens with zero attached hydrogens (tertiary/aromatic N) is 1. The first-order valence-electron chi connectivity index (χ1n) is 7.29. The van der Waals surface area contributed by atoms with Gasteiger partial charge in [0.25, 0.3) is 0 Å². The minimum Gasteiger partial charge on any atom is -0.207 e. The van der Waals surface area contributed by atoms with Crippen molar-refractivity contribution in [2.45, 2.75) is 24.7 Å². The fourth-order valence-corrected chi connectivity index (χ4v) is 3.58. The van der Waals surface area contributed by atoms with Crippen LogP contribution in [0.5, 0.6) is 0 Å². The van der Waals surface area contributed by atoms with Crippen LogP contribution in [0.1, 0.15) is 18.4 Å². The van der Waals surface area contributed by atoms with Gasteiger partial charge < -0.3 is 0 Å². The Kier molecular flexibility index (Phi) is 5.23. The van der Waals surface area contributed by atoms with Crippen LogP contribution in [0.4, 0.5) is 0 Å². The Bertz CT molecular complexity index is 730. The Morgan fingerprint density at radius 2 is 1.95 bits per heavy atom. The lowest BCUT2D eigenvalue weighted by atomic mass is 10.2. The molecule has 0 radical (unpaired) electrons. The molecule has 2 rings (SSSR count). The van der Waals surface area contributed by atoms with Gasteiger partial charge in [-0.3, -0.25) is 0 Å². The normalized spacial score (nSPS) is 14.3. The third kappa shape index (κ3) is 3.88. The zero-order valence-corrected chi connectivity index (χ0v) is 13.7. The summed E-state index contributed by atoms with van der Waals surface area (Å²) in [5, 5.41) is 0. The van der Waals surface area contributed by atoms with Gasteiger partial charge in [0.1, 0.15) is 0 Å². The first-order valence-corrected chi connectivity index (χ1v) is 8.73. The van der Waals surface area contributed by atoms with Gasteiger partial charge in [0, 0.05) is 13.1 Å². The van der Waals surface area contributed by atoms with E-state index in [1.165, 1.54) is 4.31 Å². The lowest BCUT2D eigenvalue weighted by Gasteiger charge is -2.21. The van der Waals surface area contributed by atoms with Crippen LogP contribution in [0.25, 0.3) is 0 Å². The molecule has 0 heterocycles. The van der Waals surface area contributed by atoms with E-state index in [0.717, 1.165) is 24.0 Å². The summed E-state index contributed by atoms with van der Waals surface area (Å²) in [4.78, 5) is 0.301. The van der Waals surface area contributed by atoms with Crippen LogP contribution >= 0.6 is 0 Å². The molecule has 1 saturated carbocycles. The van der Waals surface area contributed by atoms with Gasteiger partial charge in [-0.05, 0) is 49.5 Å². The maximum atomic E-state index is 12.8. The summed E-state index contributed by atoms with van der Waals surface area (Å²) in [6, 6.07) is 6.90. The predicted octanol–water partition coefficient (Wildman–Crippen LogP) is 3.45. The minimum absolute atomic E-state index is 0.248. The van der Waals surface area contributed by atoms with Gasteiger partial charge in [0.05, 0.1) is 4.90 Å². The second-order valence-electron chi connectivity index (χ2n) is 5.50. The third-order valence-corrected chi connectivity index (χ3v) is 5.57. The van der Waals surface area contributed by atoms with Gasteiger partial charge >= 0.3 is 0 Å². The second kappa shape index (κ2) is 6.95. The Morgan fingerprint density at radius 1 is 1.32 bits per heavy atom. The highest BCUT2D eigenvalue weighted by molar-refractivity contribution is 7.89. The Hall–Kier alpha value is -1.83. The van der Waals surface area contributed by atoms with Crippen molar-refractivity contribution in [2.75, 3.05) is 13.1 Å². The number of aryl methyl sites for hydroxylation is 1. The molecule has 0 amide bonds. The highest BCUT2D eigenvalue weighted by Crippen LogP contribution is 2.36. The molecule has 0 aliphatic heterocycles. The molecule has 0 atom stereocenters. The molecular formula is C18H21NO2S. The summed E-state index contributed by atoms with van der Waals surface area (Å²) < 4.78 is 27.1. The number of hydrogen-bond donors (Lipinski definition) is 0. The van der Waals surface area contributed by atoms with Crippen LogP contribution in [0, 0.1) is 12.8 Å². The topological polar surface area (TPSA) is 37.4 Å². The van der Waals surface area contributed by atoms with E-state index in [4.69, 9.17) is 0 Å². The predicted molar refractivity (Wildman–Crippen MR) is 89.0 cm³/mol. The average molecular weight is 315 g/mol. The maximum absolute atomic E-state index is 12.8. The smallest absolute Gasteiger partial charge is 0.207 e. The molecule has 0 saturated heterocycles. The molecule has 0 unspecified atom stereocenters. The van der Waals surface area contributed by atoms with Gasteiger partial charge in [-0.25, -0.2) is 8.42 Å². The standard InChI is InChI=1S/C18H21NO2S/c1-4-6-13-19(14-16(5-2)17-9-10-17)22(20,21)18-11-7-15(3)8-12-18/h6-8,11-12,17H,1-2,9-10,13-14H2,3H3. The van der Waals surface area contributed by atoms with E-state index in [1.807, 2.05) is 6.92 Å². The summed E-state index contributed by atoms with van der Waals surface area (Å²) in [7, 11) is -3.56. The molecule has 22 heavy (non-hydrogen) atoms. The quantitative estimate of drug-likeness (QED) is 0.723. The van der Waals surface area contributed by atoms with E-state index in [2.05, 4.69) is 24.6 Å². The number of hydrogen-bond acceptors (Lipinski definition) is 2. The van der Waals surface area contributed by atoms with E-state index in [-0.39, 0.29) is 6.54 Å². The molecule has 1 aromatic carbocycles. The van der Waals surface area contributed by atoms with Crippen molar-refractivity contribution in [3.8, 4) is 0 Å². The van der Waals surface area contributed by atoms with Crippen LogP contribution in [0.15, 0.2) is 65.4 Å². The zero-order valence-electron chi connectivity index (χ0n) is 12.9. The third-order valence-electron chi connectivity index (χ3n) is 3.74. The fraction of sp³-hybridized carbons (Fsp3) is 0.333. The summed E-state index contributed by atoms with van der Waals surface area (Å²) in [6.45, 7) is 9.71. The van der Waals surface area contributed by atoms with Crippen LogP contribution < -0.4 is 0 Å². The summed E-state index contributed by atoms with van der Waals surface area (Å²) >= 11 is 0. The minimum atomic E-state index is -3.56. The van der Waals surface area contributed by atoms with E-state index in [1.54, 1.807) is 30.3 Å². The SMILES string of the molecule is C=C=CCN(CC(=C=C)C1CC1)S(=O)(=O)c1ccc(C)cc1. The zero-order chi connectivity index (χ0) is 16.2. The van der Waals surface area contributed by atoms with Crippen molar-refractivity contribution in [2.24, 2.45) is 5.92 Å². The molecule has 4 heteroatoms. The summed E-state index contributed by atoms with van der Waals surface area (Å²) in [5.41, 5.74) is 7.55. The van der Waals surface area contributed by atoms with Crippen molar-refractivity contribution in [1.82, 2.24) is 4.31 Å². The fourth-order valence-electron chi connectivity index (χ4n) is 2.22. The van der Waals surface area contributed by atoms with Crippen molar-refractivity contribution >= 4 is 10.0 Å². The Morgan fingerprint density at radius 3 is 2.45 bits per heavy atom. The van der Waals surface area contributed by atoms with E-state index < -0.39 is 10.0 Å². The van der Waals surface area contributed by atoms with Gasteiger partial charge in [0.15, 0.2) is 0 Å². The molecule has 0 bridgehead atoms. The van der Waals surface area contributed by atoms with Gasteiger partial charge in [-0.1, -0.05) is 30.9 Å². The molecule has 0 N–H and O–H groups in total. The van der Waals surface area contributed by atoms with Crippen LogP contribution in [-0.2, 0) is 10.0 Å². The highest BCUT2D eigenvalue weighted by atomic mass is 32.2. The maximum Gasteiger partial charge on any atom is 0.243 e. The summed E-state index contributed by atoms with van der Waals surface area (Å²) in [5.74, 6) is 0.431. The molecule has 116 valence electrons.